The fraction of sp³-hybridized carbons (Fsp3) is 0.292. The van der Waals surface area contributed by atoms with Gasteiger partial charge in [-0.1, -0.05) is 24.3 Å². The quantitative estimate of drug-likeness (QED) is 0.587. The smallest absolute Gasteiger partial charge is 0.264 e. The molecule has 0 saturated heterocycles. The van der Waals surface area contributed by atoms with Gasteiger partial charge in [-0.3, -0.25) is 4.79 Å². The first-order chi connectivity index (χ1) is 15.6. The Morgan fingerprint density at radius 3 is 2.42 bits per heavy atom. The maximum absolute atomic E-state index is 13.1. The summed E-state index contributed by atoms with van der Waals surface area (Å²) in [7, 11) is -2.39. The van der Waals surface area contributed by atoms with E-state index < -0.39 is 16.1 Å². The van der Waals surface area contributed by atoms with Gasteiger partial charge in [-0.05, 0) is 57.0 Å². The average Bonchev–Trinajstić information content (AvgIpc) is 2.75. The number of nitrogens with zero attached hydrogens (tertiary/aromatic N) is 3. The lowest BCUT2D eigenvalue weighted by molar-refractivity contribution is 0.0722. The lowest BCUT2D eigenvalue weighted by Crippen LogP contribution is -2.35. The first kappa shape index (κ1) is 22.7. The highest BCUT2D eigenvalue weighted by Gasteiger charge is 2.25. The molecule has 1 amide bonds. The van der Waals surface area contributed by atoms with Crippen LogP contribution in [0.25, 0.3) is 11.3 Å². The van der Waals surface area contributed by atoms with E-state index in [1.165, 1.54) is 17.0 Å². The summed E-state index contributed by atoms with van der Waals surface area (Å²) in [6, 6.07) is 11.8. The Balaban J connectivity index is 1.94. The minimum Gasteiger partial charge on any atom is -0.472 e. The Morgan fingerprint density at radius 2 is 1.73 bits per heavy atom. The number of ether oxygens (including phenoxy) is 1. The monoisotopic (exact) mass is 466 g/mol. The van der Waals surface area contributed by atoms with Crippen molar-refractivity contribution < 1.29 is 17.9 Å². The SMILES string of the molecule is Cc1cccc(C)c1-c1nc2nc(c1C)OC(C)CN(C)C(=O)c1cccc(c1)S(=O)(=O)N2. The molecule has 0 aliphatic carbocycles. The molecule has 8 nitrogen and oxygen atoms in total. The second-order valence-corrected chi connectivity index (χ2v) is 10.0. The van der Waals surface area contributed by atoms with E-state index in [1.807, 2.05) is 45.9 Å². The molecule has 1 aliphatic rings. The third kappa shape index (κ3) is 4.41. The van der Waals surface area contributed by atoms with Crippen LogP contribution in [0, 0.1) is 20.8 Å². The van der Waals surface area contributed by atoms with Crippen molar-refractivity contribution >= 4 is 21.9 Å². The lowest BCUT2D eigenvalue weighted by Gasteiger charge is -2.23. The predicted molar refractivity (Wildman–Crippen MR) is 126 cm³/mol. The molecule has 1 aliphatic heterocycles. The summed E-state index contributed by atoms with van der Waals surface area (Å²) in [6.07, 6.45) is -0.397. The average molecular weight is 467 g/mol. The number of rotatable bonds is 1. The largest absolute Gasteiger partial charge is 0.472 e. The number of aromatic nitrogens is 2. The molecule has 4 rings (SSSR count). The zero-order valence-corrected chi connectivity index (χ0v) is 20.0. The van der Waals surface area contributed by atoms with Crippen molar-refractivity contribution in [1.82, 2.24) is 14.9 Å². The highest BCUT2D eigenvalue weighted by atomic mass is 32.2. The number of amides is 1. The van der Waals surface area contributed by atoms with E-state index in [0.29, 0.717) is 17.8 Å². The van der Waals surface area contributed by atoms with E-state index >= 15 is 0 Å². The van der Waals surface area contributed by atoms with Crippen molar-refractivity contribution in [3.05, 3.63) is 64.7 Å². The molecular formula is C24H26N4O4S. The van der Waals surface area contributed by atoms with Crippen molar-refractivity contribution in [3.8, 4) is 17.1 Å². The Morgan fingerprint density at radius 1 is 1.06 bits per heavy atom. The number of anilines is 1. The molecule has 1 aromatic heterocycles. The number of carbonyl (C=O) groups excluding carboxylic acids is 1. The van der Waals surface area contributed by atoms with Crippen molar-refractivity contribution in [2.24, 2.45) is 0 Å². The molecule has 2 aromatic carbocycles. The number of sulfonamides is 1. The second-order valence-electron chi connectivity index (χ2n) is 8.34. The van der Waals surface area contributed by atoms with Gasteiger partial charge in [-0.25, -0.2) is 18.1 Å². The van der Waals surface area contributed by atoms with Crippen LogP contribution in [0.3, 0.4) is 0 Å². The molecule has 33 heavy (non-hydrogen) atoms. The minimum absolute atomic E-state index is 0.0469. The zero-order valence-electron chi connectivity index (χ0n) is 19.2. The zero-order chi connectivity index (χ0) is 23.9. The number of benzene rings is 2. The van der Waals surface area contributed by atoms with Crippen LogP contribution in [-0.2, 0) is 10.0 Å². The molecule has 0 fully saturated rings. The van der Waals surface area contributed by atoms with Crippen LogP contribution in [0.2, 0.25) is 0 Å². The fourth-order valence-corrected chi connectivity index (χ4v) is 4.97. The van der Waals surface area contributed by atoms with Crippen molar-refractivity contribution in [2.45, 2.75) is 38.7 Å². The highest BCUT2D eigenvalue weighted by molar-refractivity contribution is 7.92. The van der Waals surface area contributed by atoms with Crippen LogP contribution in [-0.4, -0.2) is 48.9 Å². The minimum atomic E-state index is -4.05. The predicted octanol–water partition coefficient (Wildman–Crippen LogP) is 3.72. The standard InChI is InChI=1S/C24H26N4O4S/c1-14-8-6-9-15(2)20(14)21-17(4)22-26-24(25-21)27-33(30,31)19-11-7-10-18(12-19)23(29)28(5)13-16(3)32-22/h6-12,16H,13H2,1-5H3,(H,25,26,27). The van der Waals surface area contributed by atoms with Crippen LogP contribution in [0.1, 0.15) is 34.0 Å². The van der Waals surface area contributed by atoms with Crippen LogP contribution in [0.4, 0.5) is 5.95 Å². The van der Waals surface area contributed by atoms with Gasteiger partial charge in [0.05, 0.1) is 17.1 Å². The van der Waals surface area contributed by atoms with E-state index in [2.05, 4.69) is 14.7 Å². The number of hydrogen-bond acceptors (Lipinski definition) is 6. The number of nitrogens with one attached hydrogen (secondary N) is 1. The third-order valence-electron chi connectivity index (χ3n) is 5.63. The van der Waals surface area contributed by atoms with Crippen LogP contribution in [0.5, 0.6) is 5.88 Å². The van der Waals surface area contributed by atoms with Gasteiger partial charge >= 0.3 is 0 Å². The molecule has 0 spiro atoms. The molecule has 172 valence electrons. The summed E-state index contributed by atoms with van der Waals surface area (Å²) in [5.74, 6) is -0.128. The topological polar surface area (TPSA) is 101 Å². The number of carbonyl (C=O) groups is 1. The Kier molecular flexibility index (Phi) is 5.84. The van der Waals surface area contributed by atoms with Crippen LogP contribution >= 0.6 is 0 Å². The summed E-state index contributed by atoms with van der Waals surface area (Å²) in [6.45, 7) is 7.93. The van der Waals surface area contributed by atoms with Crippen molar-refractivity contribution in [3.63, 3.8) is 0 Å². The first-order valence-electron chi connectivity index (χ1n) is 10.6. The van der Waals surface area contributed by atoms with Crippen molar-refractivity contribution in [1.29, 1.82) is 0 Å². The van der Waals surface area contributed by atoms with Gasteiger partial charge in [0.25, 0.3) is 15.9 Å². The van der Waals surface area contributed by atoms with Gasteiger partial charge in [0, 0.05) is 23.7 Å². The molecule has 4 bridgehead atoms. The Bertz CT molecular complexity index is 1330. The van der Waals surface area contributed by atoms with Crippen LogP contribution < -0.4 is 9.46 Å². The molecule has 1 atom stereocenters. The van der Waals surface area contributed by atoms with Gasteiger partial charge in [0.2, 0.25) is 11.8 Å². The number of likely N-dealkylation sites (N-methyl/N-ethyl adjacent to an activating group) is 1. The van der Waals surface area contributed by atoms with E-state index in [1.54, 1.807) is 19.2 Å². The lowest BCUT2D eigenvalue weighted by atomic mass is 9.97. The molecule has 0 saturated carbocycles. The summed E-state index contributed by atoms with van der Waals surface area (Å²) in [5.41, 5.74) is 4.45. The molecular weight excluding hydrogens is 440 g/mol. The molecule has 2 heterocycles. The number of fused-ring (bicyclic) bond motifs is 4. The van der Waals surface area contributed by atoms with Gasteiger partial charge < -0.3 is 9.64 Å². The summed E-state index contributed by atoms with van der Waals surface area (Å²) in [5, 5.41) is 0. The molecule has 3 aromatic rings. The maximum Gasteiger partial charge on any atom is 0.264 e. The van der Waals surface area contributed by atoms with E-state index in [0.717, 1.165) is 16.7 Å². The highest BCUT2D eigenvalue weighted by Crippen LogP contribution is 2.34. The Labute approximate surface area is 193 Å². The summed E-state index contributed by atoms with van der Waals surface area (Å²) < 4.78 is 34.8. The summed E-state index contributed by atoms with van der Waals surface area (Å²) in [4.78, 5) is 23.3. The van der Waals surface area contributed by atoms with Gasteiger partial charge in [0.15, 0.2) is 0 Å². The normalized spacial score (nSPS) is 17.8. The molecule has 0 radical (unpaired) electrons. The van der Waals surface area contributed by atoms with E-state index in [9.17, 15) is 13.2 Å². The van der Waals surface area contributed by atoms with Gasteiger partial charge in [-0.15, -0.1) is 0 Å². The van der Waals surface area contributed by atoms with E-state index in [4.69, 9.17) is 4.74 Å². The Hall–Kier alpha value is -3.46. The second kappa shape index (κ2) is 8.47. The van der Waals surface area contributed by atoms with Gasteiger partial charge in [0.1, 0.15) is 6.10 Å². The third-order valence-corrected chi connectivity index (χ3v) is 6.95. The molecule has 1 N–H and O–H groups in total. The molecule has 1 unspecified atom stereocenters. The van der Waals surface area contributed by atoms with Gasteiger partial charge in [-0.2, -0.15) is 4.98 Å². The van der Waals surface area contributed by atoms with Crippen LogP contribution in [0.15, 0.2) is 47.4 Å². The first-order valence-corrected chi connectivity index (χ1v) is 12.1. The molecule has 9 heteroatoms. The fourth-order valence-electron chi connectivity index (χ4n) is 3.98. The van der Waals surface area contributed by atoms with E-state index in [-0.39, 0.29) is 28.2 Å². The summed E-state index contributed by atoms with van der Waals surface area (Å²) >= 11 is 0. The van der Waals surface area contributed by atoms with Crippen molar-refractivity contribution in [2.75, 3.05) is 18.3 Å². The number of aryl methyl sites for hydroxylation is 2. The number of hydrogen-bond donors (Lipinski definition) is 1. The maximum atomic E-state index is 13.1.